The van der Waals surface area contributed by atoms with E-state index in [-0.39, 0.29) is 6.04 Å². The van der Waals surface area contributed by atoms with Crippen molar-refractivity contribution in [1.29, 1.82) is 0 Å². The summed E-state index contributed by atoms with van der Waals surface area (Å²) in [4.78, 5) is 4.37. The van der Waals surface area contributed by atoms with Gasteiger partial charge in [0.25, 0.3) is 0 Å². The first-order chi connectivity index (χ1) is 9.22. The molecule has 0 saturated carbocycles. The number of unbranched alkanes of at least 4 members (excludes halogenated alkanes) is 3. The molecule has 0 bridgehead atoms. The van der Waals surface area contributed by atoms with Crippen LogP contribution in [0, 0.1) is 0 Å². The van der Waals surface area contributed by atoms with Crippen LogP contribution < -0.4 is 11.5 Å². The molecule has 3 nitrogen and oxygen atoms in total. The quantitative estimate of drug-likeness (QED) is 0.540. The van der Waals surface area contributed by atoms with Crippen molar-refractivity contribution < 1.29 is 0 Å². The molecule has 0 aliphatic heterocycles. The first-order valence-electron chi connectivity index (χ1n) is 6.92. The van der Waals surface area contributed by atoms with E-state index in [2.05, 4.69) is 4.99 Å². The van der Waals surface area contributed by atoms with Crippen LogP contribution in [-0.2, 0) is 6.42 Å². The topological polar surface area (TPSA) is 64.4 Å². The lowest BCUT2D eigenvalue weighted by molar-refractivity contribution is 0.653. The second-order valence-corrected chi connectivity index (χ2v) is 5.19. The minimum absolute atomic E-state index is 0.0393. The fraction of sp³-hybridized carbons (Fsp3) is 0.533. The molecule has 0 aliphatic rings. The predicted octanol–water partition coefficient (Wildman–Crippen LogP) is 2.80. The van der Waals surface area contributed by atoms with Gasteiger partial charge in [-0.3, -0.25) is 4.99 Å². The van der Waals surface area contributed by atoms with Gasteiger partial charge < -0.3 is 11.5 Å². The van der Waals surface area contributed by atoms with Crippen LogP contribution in [0.1, 0.15) is 31.2 Å². The summed E-state index contributed by atoms with van der Waals surface area (Å²) >= 11 is 5.93. The van der Waals surface area contributed by atoms with Gasteiger partial charge in [0.05, 0.1) is 0 Å². The van der Waals surface area contributed by atoms with E-state index >= 15 is 0 Å². The Kier molecular flexibility index (Phi) is 8.47. The van der Waals surface area contributed by atoms with E-state index in [9.17, 15) is 0 Å². The minimum atomic E-state index is -0.0393. The summed E-state index contributed by atoms with van der Waals surface area (Å²) in [6.45, 7) is 1.64. The van der Waals surface area contributed by atoms with E-state index < -0.39 is 0 Å². The average molecular weight is 282 g/mol. The lowest BCUT2D eigenvalue weighted by atomic mass is 10.1. The lowest BCUT2D eigenvalue weighted by Crippen LogP contribution is -2.24. The number of benzene rings is 1. The normalized spacial score (nSPS) is 13.0. The number of nitrogens with zero attached hydrogens (tertiary/aromatic N) is 1. The SMILES string of the molecule is NCCCCCCN=CC(N)Cc1cccc(Cl)c1. The van der Waals surface area contributed by atoms with Crippen molar-refractivity contribution >= 4 is 17.8 Å². The van der Waals surface area contributed by atoms with Gasteiger partial charge in [-0.2, -0.15) is 0 Å². The third-order valence-electron chi connectivity index (χ3n) is 2.90. The van der Waals surface area contributed by atoms with Crippen molar-refractivity contribution in [3.05, 3.63) is 34.9 Å². The summed E-state index contributed by atoms with van der Waals surface area (Å²) in [5, 5.41) is 0.751. The molecule has 19 heavy (non-hydrogen) atoms. The Balaban J connectivity index is 2.18. The lowest BCUT2D eigenvalue weighted by Gasteiger charge is -2.06. The second kappa shape index (κ2) is 9.96. The summed E-state index contributed by atoms with van der Waals surface area (Å²) in [6, 6.07) is 7.75. The Morgan fingerprint density at radius 2 is 2.00 bits per heavy atom. The highest BCUT2D eigenvalue weighted by Gasteiger charge is 2.01. The molecule has 0 heterocycles. The maximum absolute atomic E-state index is 6.01. The standard InChI is InChI=1S/C15H24ClN3/c16-14-7-5-6-13(10-14)11-15(18)12-19-9-4-2-1-3-8-17/h5-7,10,12,15H,1-4,8-9,11,17-18H2. The smallest absolute Gasteiger partial charge is 0.0435 e. The first kappa shape index (κ1) is 16.2. The van der Waals surface area contributed by atoms with Gasteiger partial charge in [0, 0.05) is 23.8 Å². The van der Waals surface area contributed by atoms with Crippen LogP contribution in [0.5, 0.6) is 0 Å². The summed E-state index contributed by atoms with van der Waals surface area (Å²) in [5.41, 5.74) is 12.6. The minimum Gasteiger partial charge on any atom is -0.330 e. The summed E-state index contributed by atoms with van der Waals surface area (Å²) in [7, 11) is 0. The Hall–Kier alpha value is -0.900. The summed E-state index contributed by atoms with van der Waals surface area (Å²) in [6.07, 6.45) is 7.23. The number of nitrogens with two attached hydrogens (primary N) is 2. The van der Waals surface area contributed by atoms with Gasteiger partial charge in [-0.1, -0.05) is 36.6 Å². The third kappa shape index (κ3) is 7.98. The van der Waals surface area contributed by atoms with E-state index in [1.54, 1.807) is 0 Å². The Morgan fingerprint density at radius 3 is 2.74 bits per heavy atom. The Morgan fingerprint density at radius 1 is 1.21 bits per heavy atom. The van der Waals surface area contributed by atoms with Gasteiger partial charge >= 0.3 is 0 Å². The van der Waals surface area contributed by atoms with Gasteiger partial charge in [0.2, 0.25) is 0 Å². The number of rotatable bonds is 9. The zero-order valence-electron chi connectivity index (χ0n) is 11.4. The molecule has 1 atom stereocenters. The molecule has 1 aromatic rings. The van der Waals surface area contributed by atoms with E-state index in [4.69, 9.17) is 23.1 Å². The molecule has 0 saturated heterocycles. The number of hydrogen-bond donors (Lipinski definition) is 2. The zero-order chi connectivity index (χ0) is 13.9. The number of hydrogen-bond acceptors (Lipinski definition) is 3. The van der Waals surface area contributed by atoms with Crippen molar-refractivity contribution in [2.75, 3.05) is 13.1 Å². The molecule has 0 radical (unpaired) electrons. The fourth-order valence-electron chi connectivity index (χ4n) is 1.90. The van der Waals surface area contributed by atoms with Crippen LogP contribution in [-0.4, -0.2) is 25.3 Å². The fourth-order valence-corrected chi connectivity index (χ4v) is 2.11. The van der Waals surface area contributed by atoms with Crippen molar-refractivity contribution in [2.45, 2.75) is 38.1 Å². The molecule has 1 unspecified atom stereocenters. The molecule has 106 valence electrons. The van der Waals surface area contributed by atoms with Crippen molar-refractivity contribution in [2.24, 2.45) is 16.5 Å². The molecule has 4 N–H and O–H groups in total. The molecule has 1 rings (SSSR count). The van der Waals surface area contributed by atoms with Crippen LogP contribution in [0.2, 0.25) is 5.02 Å². The van der Waals surface area contributed by atoms with Crippen LogP contribution in [0.25, 0.3) is 0 Å². The maximum atomic E-state index is 6.01. The summed E-state index contributed by atoms with van der Waals surface area (Å²) < 4.78 is 0. The number of aliphatic imine (C=N–C) groups is 1. The molecular formula is C15H24ClN3. The molecular weight excluding hydrogens is 258 g/mol. The van der Waals surface area contributed by atoms with Gasteiger partial charge in [-0.05, 0) is 43.5 Å². The Bertz CT molecular complexity index is 379. The Labute approximate surface area is 121 Å². The van der Waals surface area contributed by atoms with Gasteiger partial charge in [-0.25, -0.2) is 0 Å². The zero-order valence-corrected chi connectivity index (χ0v) is 12.1. The summed E-state index contributed by atoms with van der Waals surface area (Å²) in [5.74, 6) is 0. The van der Waals surface area contributed by atoms with Gasteiger partial charge in [-0.15, -0.1) is 0 Å². The highest BCUT2D eigenvalue weighted by Crippen LogP contribution is 2.11. The highest BCUT2D eigenvalue weighted by atomic mass is 35.5. The first-order valence-corrected chi connectivity index (χ1v) is 7.30. The maximum Gasteiger partial charge on any atom is 0.0435 e. The molecule has 1 aromatic carbocycles. The molecule has 0 aromatic heterocycles. The highest BCUT2D eigenvalue weighted by molar-refractivity contribution is 6.30. The van der Waals surface area contributed by atoms with Crippen LogP contribution in [0.4, 0.5) is 0 Å². The van der Waals surface area contributed by atoms with Crippen LogP contribution >= 0.6 is 11.6 Å². The number of halogens is 1. The molecule has 0 amide bonds. The largest absolute Gasteiger partial charge is 0.330 e. The molecule has 0 aliphatic carbocycles. The van der Waals surface area contributed by atoms with Gasteiger partial charge in [0.15, 0.2) is 0 Å². The van der Waals surface area contributed by atoms with E-state index in [0.717, 1.165) is 42.9 Å². The molecule has 4 heteroatoms. The van der Waals surface area contributed by atoms with Crippen LogP contribution in [0.3, 0.4) is 0 Å². The predicted molar refractivity (Wildman–Crippen MR) is 84.0 cm³/mol. The van der Waals surface area contributed by atoms with Crippen molar-refractivity contribution in [1.82, 2.24) is 0 Å². The van der Waals surface area contributed by atoms with Crippen molar-refractivity contribution in [3.63, 3.8) is 0 Å². The second-order valence-electron chi connectivity index (χ2n) is 4.76. The van der Waals surface area contributed by atoms with E-state index in [0.29, 0.717) is 0 Å². The molecule has 0 spiro atoms. The van der Waals surface area contributed by atoms with Crippen LogP contribution in [0.15, 0.2) is 29.3 Å². The third-order valence-corrected chi connectivity index (χ3v) is 3.13. The average Bonchev–Trinajstić information content (AvgIpc) is 2.37. The van der Waals surface area contributed by atoms with E-state index in [1.165, 1.54) is 12.8 Å². The van der Waals surface area contributed by atoms with E-state index in [1.807, 2.05) is 30.5 Å². The monoisotopic (exact) mass is 281 g/mol. The van der Waals surface area contributed by atoms with Gasteiger partial charge in [0.1, 0.15) is 0 Å². The van der Waals surface area contributed by atoms with Crippen molar-refractivity contribution in [3.8, 4) is 0 Å². The molecule has 0 fully saturated rings.